The average Bonchev–Trinajstić information content (AvgIpc) is 3.54. The number of hydrogen-bond acceptors (Lipinski definition) is 6. The Kier molecular flexibility index (Phi) is 8.41. The van der Waals surface area contributed by atoms with Crippen LogP contribution in [0, 0.1) is 45.8 Å². The summed E-state index contributed by atoms with van der Waals surface area (Å²) in [4.78, 5) is 13.5. The van der Waals surface area contributed by atoms with Gasteiger partial charge in [-0.15, -0.1) is 0 Å². The molecule has 5 N–H and O–H groups in total. The van der Waals surface area contributed by atoms with Crippen molar-refractivity contribution >= 4 is 5.78 Å². The molecule has 6 nitrogen and oxygen atoms in total. The summed E-state index contributed by atoms with van der Waals surface area (Å²) >= 11 is 0. The Balaban J connectivity index is 1.26. The molecule has 0 radical (unpaired) electrons. The molecule has 0 aromatic rings. The molecule has 43 heavy (non-hydrogen) atoms. The first kappa shape index (κ1) is 31.9. The predicted molar refractivity (Wildman–Crippen MR) is 167 cm³/mol. The van der Waals surface area contributed by atoms with Crippen molar-refractivity contribution in [2.75, 3.05) is 6.61 Å². The first-order valence-electron chi connectivity index (χ1n) is 17.6. The summed E-state index contributed by atoms with van der Waals surface area (Å²) in [6.07, 6.45) is 13.4. The van der Waals surface area contributed by atoms with E-state index in [9.17, 15) is 30.3 Å². The van der Waals surface area contributed by atoms with Crippen molar-refractivity contribution in [2.24, 2.45) is 45.8 Å². The van der Waals surface area contributed by atoms with Gasteiger partial charge in [0.15, 0.2) is 5.78 Å². The summed E-state index contributed by atoms with van der Waals surface area (Å²) in [6.45, 7) is 8.53. The molecule has 10 unspecified atom stereocenters. The van der Waals surface area contributed by atoms with Gasteiger partial charge in [-0.1, -0.05) is 51.7 Å². The Hall–Kier alpha value is -1.05. The number of rotatable bonds is 6. The minimum absolute atomic E-state index is 0.0651. The van der Waals surface area contributed by atoms with Crippen LogP contribution < -0.4 is 0 Å². The van der Waals surface area contributed by atoms with Gasteiger partial charge in [0, 0.05) is 11.3 Å². The molecule has 6 aliphatic carbocycles. The summed E-state index contributed by atoms with van der Waals surface area (Å²) in [5, 5.41) is 56.6. The van der Waals surface area contributed by atoms with Gasteiger partial charge in [-0.3, -0.25) is 4.79 Å². The zero-order valence-electron chi connectivity index (χ0n) is 27.2. The van der Waals surface area contributed by atoms with Crippen LogP contribution in [0.3, 0.4) is 0 Å². The van der Waals surface area contributed by atoms with E-state index < -0.39 is 34.7 Å². The fraction of sp³-hybridized carbons (Fsp3) is 0.865. The maximum Gasteiger partial charge on any atom is 0.159 e. The van der Waals surface area contributed by atoms with Crippen molar-refractivity contribution in [3.8, 4) is 0 Å². The van der Waals surface area contributed by atoms with Crippen molar-refractivity contribution in [1.29, 1.82) is 0 Å². The molecule has 242 valence electrons. The molecule has 6 heteroatoms. The fourth-order valence-corrected chi connectivity index (χ4v) is 11.9. The first-order valence-corrected chi connectivity index (χ1v) is 17.6. The minimum atomic E-state index is -1.31. The van der Waals surface area contributed by atoms with Crippen LogP contribution in [0.25, 0.3) is 0 Å². The number of ketones is 1. The Bertz CT molecular complexity index is 1150. The third-order valence-corrected chi connectivity index (χ3v) is 14.4. The monoisotopic (exact) mass is 598 g/mol. The quantitative estimate of drug-likeness (QED) is 0.253. The maximum atomic E-state index is 13.5. The molecule has 1 spiro atoms. The molecule has 5 saturated carbocycles. The predicted octanol–water partition coefficient (Wildman–Crippen LogP) is 5.64. The second-order valence-electron chi connectivity index (χ2n) is 16.7. The number of fused-ring (bicyclic) bond motifs is 5. The van der Waals surface area contributed by atoms with Crippen LogP contribution in [0.5, 0.6) is 0 Å². The highest BCUT2D eigenvalue weighted by Crippen LogP contribution is 2.68. The molecule has 0 saturated heterocycles. The first-order chi connectivity index (χ1) is 20.3. The highest BCUT2D eigenvalue weighted by molar-refractivity contribution is 5.95. The highest BCUT2D eigenvalue weighted by atomic mass is 16.3. The molecule has 5 fully saturated rings. The summed E-state index contributed by atoms with van der Waals surface area (Å²) < 4.78 is 0. The van der Waals surface area contributed by atoms with Gasteiger partial charge in [0.25, 0.3) is 0 Å². The van der Waals surface area contributed by atoms with Gasteiger partial charge < -0.3 is 25.5 Å². The van der Waals surface area contributed by atoms with Crippen molar-refractivity contribution in [1.82, 2.24) is 0 Å². The number of aliphatic hydroxyl groups excluding tert-OH is 4. The normalized spacial score (nSPS) is 44.9. The molecular weight excluding hydrogens is 540 g/mol. The Morgan fingerprint density at radius 3 is 2.35 bits per heavy atom. The van der Waals surface area contributed by atoms with Gasteiger partial charge in [0.2, 0.25) is 0 Å². The number of hydrogen-bond donors (Lipinski definition) is 5. The smallest absolute Gasteiger partial charge is 0.159 e. The molecule has 0 heterocycles. The number of carbonyl (C=O) groups excluding carboxylic acids is 1. The molecule has 6 aliphatic rings. The Labute approximate surface area is 259 Å². The van der Waals surface area contributed by atoms with E-state index in [2.05, 4.69) is 27.7 Å². The van der Waals surface area contributed by atoms with E-state index in [0.29, 0.717) is 43.4 Å². The van der Waals surface area contributed by atoms with E-state index in [1.54, 1.807) is 11.6 Å². The van der Waals surface area contributed by atoms with Crippen molar-refractivity contribution in [3.63, 3.8) is 0 Å². The average molecular weight is 599 g/mol. The van der Waals surface area contributed by atoms with Crippen molar-refractivity contribution < 1.29 is 30.3 Å². The minimum Gasteiger partial charge on any atom is -0.396 e. The summed E-state index contributed by atoms with van der Waals surface area (Å²) in [6, 6.07) is 0. The van der Waals surface area contributed by atoms with E-state index >= 15 is 0 Å². The summed E-state index contributed by atoms with van der Waals surface area (Å²) in [7, 11) is 0. The van der Waals surface area contributed by atoms with Gasteiger partial charge in [0.1, 0.15) is 0 Å². The van der Waals surface area contributed by atoms with E-state index in [1.807, 2.05) is 0 Å². The molecule has 0 amide bonds. The van der Waals surface area contributed by atoms with E-state index in [0.717, 1.165) is 18.4 Å². The maximum absolute atomic E-state index is 13.5. The Morgan fingerprint density at radius 1 is 0.977 bits per heavy atom. The zero-order chi connectivity index (χ0) is 30.9. The molecular formula is C37H58O6. The molecule has 0 bridgehead atoms. The lowest BCUT2D eigenvalue weighted by Gasteiger charge is -2.60. The highest BCUT2D eigenvalue weighted by Gasteiger charge is 2.68. The van der Waals surface area contributed by atoms with Crippen LogP contribution in [0.4, 0.5) is 0 Å². The van der Waals surface area contributed by atoms with Crippen LogP contribution in [-0.4, -0.2) is 61.8 Å². The molecule has 10 atom stereocenters. The second-order valence-corrected chi connectivity index (χ2v) is 16.7. The van der Waals surface area contributed by atoms with Gasteiger partial charge in [-0.05, 0) is 130 Å². The topological polar surface area (TPSA) is 118 Å². The van der Waals surface area contributed by atoms with Crippen LogP contribution in [0.2, 0.25) is 0 Å². The van der Waals surface area contributed by atoms with Crippen LogP contribution in [-0.2, 0) is 4.79 Å². The SMILES string of the molecule is CC(C)C(CC(O)C(C)C1CCC2(O)C3=CC(=O)C4CC(O)C(O)CC4(C)C3CCC12CO)=C1CCCC2(CCCC2)C1. The van der Waals surface area contributed by atoms with Gasteiger partial charge in [-0.2, -0.15) is 0 Å². The van der Waals surface area contributed by atoms with Crippen LogP contribution in [0.1, 0.15) is 124 Å². The molecule has 0 aliphatic heterocycles. The molecule has 0 aromatic heterocycles. The number of allylic oxidation sites excluding steroid dienone is 2. The van der Waals surface area contributed by atoms with Crippen molar-refractivity contribution in [3.05, 3.63) is 22.8 Å². The number of aliphatic hydroxyl groups is 5. The van der Waals surface area contributed by atoms with E-state index in [-0.39, 0.29) is 42.5 Å². The van der Waals surface area contributed by atoms with Gasteiger partial charge >= 0.3 is 0 Å². The van der Waals surface area contributed by atoms with Crippen LogP contribution >= 0.6 is 0 Å². The summed E-state index contributed by atoms with van der Waals surface area (Å²) in [5.41, 5.74) is 1.58. The third kappa shape index (κ3) is 4.87. The van der Waals surface area contributed by atoms with Crippen LogP contribution in [0.15, 0.2) is 22.8 Å². The largest absolute Gasteiger partial charge is 0.396 e. The Morgan fingerprint density at radius 2 is 1.67 bits per heavy atom. The summed E-state index contributed by atoms with van der Waals surface area (Å²) in [5.74, 6) is -0.302. The third-order valence-electron chi connectivity index (χ3n) is 14.4. The molecule has 6 rings (SSSR count). The number of carbonyl (C=O) groups is 1. The lowest BCUT2D eigenvalue weighted by Crippen LogP contribution is -2.62. The standard InChI is InChI=1S/C37H58O6/c1-22(2)25(24-8-7-13-35(19-24)11-5-6-12-35)16-30(39)23(3)26-10-15-37(43)28-17-31(40)29-18-32(41)33(42)20-34(29,4)27(28)9-14-36(26,37)21-38/h17,22-23,26-27,29-30,32-33,38-39,41-43H,5-16,18-21H2,1-4H3. The second kappa shape index (κ2) is 11.3. The zero-order valence-corrected chi connectivity index (χ0v) is 27.2. The van der Waals surface area contributed by atoms with Gasteiger partial charge in [-0.25, -0.2) is 0 Å². The van der Waals surface area contributed by atoms with E-state index in [1.165, 1.54) is 50.5 Å². The molecule has 0 aromatic carbocycles. The van der Waals surface area contributed by atoms with Crippen molar-refractivity contribution in [2.45, 2.75) is 148 Å². The fourth-order valence-electron chi connectivity index (χ4n) is 11.9. The van der Waals surface area contributed by atoms with E-state index in [4.69, 9.17) is 0 Å². The van der Waals surface area contributed by atoms with Gasteiger partial charge in [0.05, 0.1) is 30.5 Å². The lowest BCUT2D eigenvalue weighted by atomic mass is 9.45. The lowest BCUT2D eigenvalue weighted by molar-refractivity contribution is -0.163.